The zero-order chi connectivity index (χ0) is 17.8. The van der Waals surface area contributed by atoms with E-state index in [1.807, 2.05) is 0 Å². The summed E-state index contributed by atoms with van der Waals surface area (Å²) in [4.78, 5) is 25.3. The van der Waals surface area contributed by atoms with Gasteiger partial charge in [-0.15, -0.1) is 0 Å². The number of rotatable bonds is 1. The van der Waals surface area contributed by atoms with Crippen LogP contribution in [0, 0.1) is 0 Å². The highest BCUT2D eigenvalue weighted by Crippen LogP contribution is 2.15. The molecule has 1 saturated heterocycles. The minimum absolute atomic E-state index is 0.0892. The predicted molar refractivity (Wildman–Crippen MR) is 84.8 cm³/mol. The number of ether oxygens (including phenoxy) is 2. The number of amides is 2. The Morgan fingerprint density at radius 2 is 1.74 bits per heavy atom. The molecule has 2 amide bonds. The lowest BCUT2D eigenvalue weighted by molar-refractivity contribution is 0.0256. The highest BCUT2D eigenvalue weighted by molar-refractivity contribution is 5.95. The molecule has 0 aromatic carbocycles. The second kappa shape index (κ2) is 7.06. The quantitative estimate of drug-likeness (QED) is 0.568. The van der Waals surface area contributed by atoms with Crippen LogP contribution in [-0.4, -0.2) is 58.3 Å². The average Bonchev–Trinajstić information content (AvgIpc) is 2.34. The Morgan fingerprint density at radius 3 is 2.22 bits per heavy atom. The molecule has 1 aliphatic rings. The van der Waals surface area contributed by atoms with E-state index >= 15 is 0 Å². The molecule has 1 rings (SSSR count). The maximum Gasteiger partial charge on any atom is 0.410 e. The number of likely N-dealkylation sites (tertiary alicyclic amines) is 1. The molecule has 8 heteroatoms. The van der Waals surface area contributed by atoms with Gasteiger partial charge in [-0.05, 0) is 48.0 Å². The van der Waals surface area contributed by atoms with E-state index in [1.165, 1.54) is 4.90 Å². The monoisotopic (exact) mass is 329 g/mol. The van der Waals surface area contributed by atoms with Crippen LogP contribution >= 0.6 is 0 Å². The van der Waals surface area contributed by atoms with E-state index in [4.69, 9.17) is 14.7 Å². The second-order valence-electron chi connectivity index (χ2n) is 7.48. The van der Waals surface area contributed by atoms with Gasteiger partial charge in [0.2, 0.25) is 0 Å². The van der Waals surface area contributed by atoms with Crippen LogP contribution in [0.25, 0.3) is 0 Å². The van der Waals surface area contributed by atoms with Gasteiger partial charge in [-0.2, -0.15) is 0 Å². The molecule has 0 spiro atoms. The summed E-state index contributed by atoms with van der Waals surface area (Å²) in [6, 6.07) is -0.478. The smallest absolute Gasteiger partial charge is 0.410 e. The largest absolute Gasteiger partial charge is 0.444 e. The Hall–Kier alpha value is -1.99. The molecule has 0 saturated carbocycles. The van der Waals surface area contributed by atoms with Crippen molar-refractivity contribution < 1.29 is 24.3 Å². The number of nitrogens with zero attached hydrogens (tertiary/aromatic N) is 2. The summed E-state index contributed by atoms with van der Waals surface area (Å²) in [5, 5.41) is 15.0. The van der Waals surface area contributed by atoms with Crippen LogP contribution in [-0.2, 0) is 9.47 Å². The number of oxime groups is 1. The van der Waals surface area contributed by atoms with Gasteiger partial charge in [-0.3, -0.25) is 0 Å². The molecule has 1 heterocycles. The van der Waals surface area contributed by atoms with Crippen LogP contribution in [0.4, 0.5) is 9.59 Å². The van der Waals surface area contributed by atoms with Crippen molar-refractivity contribution in [3.05, 3.63) is 0 Å². The number of carbonyl (C=O) groups is 2. The van der Waals surface area contributed by atoms with Gasteiger partial charge in [-0.1, -0.05) is 5.16 Å². The molecule has 1 unspecified atom stereocenters. The first-order valence-corrected chi connectivity index (χ1v) is 7.59. The molecule has 8 nitrogen and oxygen atoms in total. The summed E-state index contributed by atoms with van der Waals surface area (Å²) in [5.41, 5.74) is -0.926. The molecule has 2 N–H and O–H groups in total. The van der Waals surface area contributed by atoms with Crippen molar-refractivity contribution >= 4 is 17.9 Å². The lowest BCUT2D eigenvalue weighted by Gasteiger charge is -2.34. The standard InChI is InChI=1S/C15H27N3O5/c1-14(2,3)22-12(19)16-10-7-8-18(9-11(10)17-21)13(20)23-15(4,5)6/h10,21H,7-9H2,1-6H3,(H,16,19). The van der Waals surface area contributed by atoms with Crippen molar-refractivity contribution in [3.63, 3.8) is 0 Å². The highest BCUT2D eigenvalue weighted by atomic mass is 16.6. The first kappa shape index (κ1) is 19.1. The van der Waals surface area contributed by atoms with Crippen LogP contribution in [0.3, 0.4) is 0 Å². The Labute approximate surface area is 136 Å². The van der Waals surface area contributed by atoms with Crippen LogP contribution in [0.1, 0.15) is 48.0 Å². The number of alkyl carbamates (subject to hydrolysis) is 1. The van der Waals surface area contributed by atoms with E-state index in [1.54, 1.807) is 41.5 Å². The third-order valence-electron chi connectivity index (χ3n) is 2.91. The molecule has 132 valence electrons. The lowest BCUT2D eigenvalue weighted by atomic mass is 10.0. The van der Waals surface area contributed by atoms with Crippen LogP contribution in [0.15, 0.2) is 5.16 Å². The fourth-order valence-electron chi connectivity index (χ4n) is 2.03. The molecule has 0 aromatic heterocycles. The zero-order valence-electron chi connectivity index (χ0n) is 14.7. The highest BCUT2D eigenvalue weighted by Gasteiger charge is 2.32. The second-order valence-corrected chi connectivity index (χ2v) is 7.48. The maximum absolute atomic E-state index is 12.0. The van der Waals surface area contributed by atoms with E-state index in [0.29, 0.717) is 13.0 Å². The molecule has 0 aromatic rings. The minimum Gasteiger partial charge on any atom is -0.444 e. The molecule has 0 aliphatic carbocycles. The Morgan fingerprint density at radius 1 is 1.17 bits per heavy atom. The molecule has 1 fully saturated rings. The molecule has 23 heavy (non-hydrogen) atoms. The summed E-state index contributed by atoms with van der Waals surface area (Å²) in [6.45, 7) is 11.1. The Balaban J connectivity index is 2.63. The van der Waals surface area contributed by atoms with Crippen molar-refractivity contribution in [2.24, 2.45) is 5.16 Å². The molecule has 1 atom stereocenters. The van der Waals surface area contributed by atoms with Gasteiger partial charge in [-0.25, -0.2) is 9.59 Å². The summed E-state index contributed by atoms with van der Waals surface area (Å²) in [5.74, 6) is 0. The number of piperidine rings is 1. The molecule has 0 radical (unpaired) electrons. The predicted octanol–water partition coefficient (Wildman–Crippen LogP) is 2.35. The number of carbonyl (C=O) groups excluding carboxylic acids is 2. The van der Waals surface area contributed by atoms with E-state index in [-0.39, 0.29) is 12.3 Å². The van der Waals surface area contributed by atoms with Gasteiger partial charge in [0.05, 0.1) is 18.3 Å². The van der Waals surface area contributed by atoms with E-state index < -0.39 is 29.4 Å². The first-order valence-electron chi connectivity index (χ1n) is 7.59. The van der Waals surface area contributed by atoms with E-state index in [9.17, 15) is 9.59 Å². The fraction of sp³-hybridized carbons (Fsp3) is 0.800. The molecule has 1 aliphatic heterocycles. The van der Waals surface area contributed by atoms with E-state index in [2.05, 4.69) is 10.5 Å². The van der Waals surface area contributed by atoms with E-state index in [0.717, 1.165) is 0 Å². The first-order chi connectivity index (χ1) is 10.4. The molecule has 0 bridgehead atoms. The average molecular weight is 329 g/mol. The van der Waals surface area contributed by atoms with Crippen molar-refractivity contribution in [2.75, 3.05) is 13.1 Å². The van der Waals surface area contributed by atoms with Crippen molar-refractivity contribution in [1.82, 2.24) is 10.2 Å². The van der Waals surface area contributed by atoms with Crippen LogP contribution < -0.4 is 5.32 Å². The SMILES string of the molecule is CC(C)(C)OC(=O)NC1CCN(C(=O)OC(C)(C)C)CC1=NO. The summed E-state index contributed by atoms with van der Waals surface area (Å²) in [6.07, 6.45) is -0.651. The fourth-order valence-corrected chi connectivity index (χ4v) is 2.03. The van der Waals surface area contributed by atoms with Crippen molar-refractivity contribution in [3.8, 4) is 0 Å². The molecular weight excluding hydrogens is 302 g/mol. The van der Waals surface area contributed by atoms with Gasteiger partial charge in [0.25, 0.3) is 0 Å². The third-order valence-corrected chi connectivity index (χ3v) is 2.91. The summed E-state index contributed by atoms with van der Waals surface area (Å²) < 4.78 is 10.5. The zero-order valence-corrected chi connectivity index (χ0v) is 14.7. The van der Waals surface area contributed by atoms with Crippen molar-refractivity contribution in [1.29, 1.82) is 0 Å². The third kappa shape index (κ3) is 6.75. The maximum atomic E-state index is 12.0. The van der Waals surface area contributed by atoms with Gasteiger partial charge < -0.3 is 24.9 Å². The van der Waals surface area contributed by atoms with Gasteiger partial charge in [0.1, 0.15) is 11.2 Å². The lowest BCUT2D eigenvalue weighted by Crippen LogP contribution is -2.54. The topological polar surface area (TPSA) is 100 Å². The number of hydrogen-bond donors (Lipinski definition) is 2. The minimum atomic E-state index is -0.613. The van der Waals surface area contributed by atoms with Gasteiger partial charge in [0.15, 0.2) is 0 Å². The van der Waals surface area contributed by atoms with Gasteiger partial charge in [0, 0.05) is 6.54 Å². The Bertz CT molecular complexity index is 476. The number of nitrogens with one attached hydrogen (secondary N) is 1. The van der Waals surface area contributed by atoms with Crippen LogP contribution in [0.2, 0.25) is 0 Å². The number of hydrogen-bond acceptors (Lipinski definition) is 6. The van der Waals surface area contributed by atoms with Gasteiger partial charge >= 0.3 is 12.2 Å². The Kier molecular flexibility index (Phi) is 5.85. The normalized spacial score (nSPS) is 21.0. The molecular formula is C15H27N3O5. The van der Waals surface area contributed by atoms with Crippen molar-refractivity contribution in [2.45, 2.75) is 65.2 Å². The summed E-state index contributed by atoms with van der Waals surface area (Å²) in [7, 11) is 0. The van der Waals surface area contributed by atoms with Crippen LogP contribution in [0.5, 0.6) is 0 Å². The summed E-state index contributed by atoms with van der Waals surface area (Å²) >= 11 is 0.